The quantitative estimate of drug-likeness (QED) is 0.927. The summed E-state index contributed by atoms with van der Waals surface area (Å²) in [4.78, 5) is 13.3. The van der Waals surface area contributed by atoms with Crippen LogP contribution in [0.15, 0.2) is 22.7 Å². The van der Waals surface area contributed by atoms with Gasteiger partial charge in [-0.25, -0.2) is 4.39 Å². The average molecular weight is 303 g/mol. The van der Waals surface area contributed by atoms with E-state index < -0.39 is 0 Å². The second-order valence-corrected chi connectivity index (χ2v) is 4.99. The Labute approximate surface area is 109 Å². The zero-order valence-electron chi connectivity index (χ0n) is 10.1. The van der Waals surface area contributed by atoms with E-state index in [1.54, 1.807) is 24.1 Å². The van der Waals surface area contributed by atoms with Crippen molar-refractivity contribution < 1.29 is 9.18 Å². The monoisotopic (exact) mass is 302 g/mol. The Balaban J connectivity index is 2.59. The highest BCUT2D eigenvalue weighted by Gasteiger charge is 2.12. The van der Waals surface area contributed by atoms with Gasteiger partial charge in [-0.05, 0) is 32.0 Å². The zero-order chi connectivity index (χ0) is 13.0. The molecule has 0 aliphatic heterocycles. The molecule has 3 nitrogen and oxygen atoms in total. The van der Waals surface area contributed by atoms with Crippen LogP contribution in [0.2, 0.25) is 0 Å². The number of amides is 1. The van der Waals surface area contributed by atoms with Crippen LogP contribution in [0.1, 0.15) is 13.8 Å². The third-order valence-corrected chi connectivity index (χ3v) is 3.02. The Bertz CT molecular complexity index is 409. The summed E-state index contributed by atoms with van der Waals surface area (Å²) in [5.41, 5.74) is 0.332. The van der Waals surface area contributed by atoms with Crippen LogP contribution >= 0.6 is 15.9 Å². The Morgan fingerprint density at radius 2 is 2.18 bits per heavy atom. The van der Waals surface area contributed by atoms with Crippen molar-refractivity contribution >= 4 is 27.5 Å². The average Bonchev–Trinajstić information content (AvgIpc) is 2.26. The lowest BCUT2D eigenvalue weighted by Crippen LogP contribution is -2.37. The maximum absolute atomic E-state index is 13.4. The molecule has 17 heavy (non-hydrogen) atoms. The lowest BCUT2D eigenvalue weighted by Gasteiger charge is -2.21. The Kier molecular flexibility index (Phi) is 4.93. The maximum Gasteiger partial charge on any atom is 0.241 e. The SMILES string of the molecule is CC(C)N(C)C(=O)CNc1ccc(Br)cc1F. The molecule has 1 N–H and O–H groups in total. The molecule has 0 fully saturated rings. The van der Waals surface area contributed by atoms with Gasteiger partial charge in [0, 0.05) is 17.6 Å². The van der Waals surface area contributed by atoms with Crippen LogP contribution in [0.25, 0.3) is 0 Å². The van der Waals surface area contributed by atoms with Crippen molar-refractivity contribution in [2.24, 2.45) is 0 Å². The van der Waals surface area contributed by atoms with Crippen LogP contribution in [-0.4, -0.2) is 30.4 Å². The van der Waals surface area contributed by atoms with E-state index in [9.17, 15) is 9.18 Å². The number of rotatable bonds is 4. The summed E-state index contributed by atoms with van der Waals surface area (Å²) in [5, 5.41) is 2.79. The largest absolute Gasteiger partial charge is 0.374 e. The van der Waals surface area contributed by atoms with E-state index in [1.165, 1.54) is 6.07 Å². The van der Waals surface area contributed by atoms with E-state index in [0.717, 1.165) is 0 Å². The van der Waals surface area contributed by atoms with Crippen LogP contribution in [0.3, 0.4) is 0 Å². The van der Waals surface area contributed by atoms with Gasteiger partial charge in [0.1, 0.15) is 5.82 Å². The fourth-order valence-electron chi connectivity index (χ4n) is 1.22. The van der Waals surface area contributed by atoms with Crippen molar-refractivity contribution in [1.29, 1.82) is 0 Å². The molecule has 94 valence electrons. The van der Waals surface area contributed by atoms with Gasteiger partial charge in [0.05, 0.1) is 12.2 Å². The van der Waals surface area contributed by atoms with Crippen molar-refractivity contribution in [3.05, 3.63) is 28.5 Å². The van der Waals surface area contributed by atoms with E-state index in [0.29, 0.717) is 10.2 Å². The molecule has 1 aromatic rings. The number of nitrogens with zero attached hydrogens (tertiary/aromatic N) is 1. The summed E-state index contributed by atoms with van der Waals surface area (Å²) in [6.07, 6.45) is 0. The lowest BCUT2D eigenvalue weighted by atomic mass is 10.3. The summed E-state index contributed by atoms with van der Waals surface area (Å²) in [6.45, 7) is 3.95. The van der Waals surface area contributed by atoms with Gasteiger partial charge < -0.3 is 10.2 Å². The third kappa shape index (κ3) is 4.00. The number of likely N-dealkylation sites (N-methyl/N-ethyl adjacent to an activating group) is 1. The topological polar surface area (TPSA) is 32.3 Å². The first-order chi connectivity index (χ1) is 7.91. The first-order valence-electron chi connectivity index (χ1n) is 5.36. The minimum absolute atomic E-state index is 0.0673. The summed E-state index contributed by atoms with van der Waals surface area (Å²) < 4.78 is 14.1. The fourth-order valence-corrected chi connectivity index (χ4v) is 1.55. The van der Waals surface area contributed by atoms with Crippen LogP contribution < -0.4 is 5.32 Å². The molecule has 0 atom stereocenters. The summed E-state index contributed by atoms with van der Waals surface area (Å²) in [7, 11) is 1.73. The number of halogens is 2. The molecule has 0 aliphatic rings. The van der Waals surface area contributed by atoms with Gasteiger partial charge in [0.25, 0.3) is 0 Å². The fraction of sp³-hybridized carbons (Fsp3) is 0.417. The molecule has 0 radical (unpaired) electrons. The Morgan fingerprint density at radius 3 is 2.71 bits per heavy atom. The van der Waals surface area contributed by atoms with Crippen LogP contribution in [0.4, 0.5) is 10.1 Å². The third-order valence-electron chi connectivity index (χ3n) is 2.53. The molecule has 0 unspecified atom stereocenters. The second-order valence-electron chi connectivity index (χ2n) is 4.08. The van der Waals surface area contributed by atoms with Crippen molar-refractivity contribution in [1.82, 2.24) is 4.90 Å². The molecule has 0 spiro atoms. The van der Waals surface area contributed by atoms with Crippen molar-refractivity contribution in [2.75, 3.05) is 18.9 Å². The molecule has 1 amide bonds. The molecule has 0 aliphatic carbocycles. The summed E-state index contributed by atoms with van der Waals surface area (Å²) in [6, 6.07) is 4.82. The number of hydrogen-bond acceptors (Lipinski definition) is 2. The first-order valence-corrected chi connectivity index (χ1v) is 6.15. The van der Waals surface area contributed by atoms with Gasteiger partial charge in [0.2, 0.25) is 5.91 Å². The van der Waals surface area contributed by atoms with Crippen molar-refractivity contribution in [3.63, 3.8) is 0 Å². The molecule has 0 bridgehead atoms. The van der Waals surface area contributed by atoms with Crippen LogP contribution in [0, 0.1) is 5.82 Å². The molecule has 0 heterocycles. The maximum atomic E-state index is 13.4. The van der Waals surface area contributed by atoms with Crippen molar-refractivity contribution in [2.45, 2.75) is 19.9 Å². The van der Waals surface area contributed by atoms with Gasteiger partial charge in [-0.2, -0.15) is 0 Å². The highest BCUT2D eigenvalue weighted by Crippen LogP contribution is 2.19. The number of benzene rings is 1. The highest BCUT2D eigenvalue weighted by atomic mass is 79.9. The lowest BCUT2D eigenvalue weighted by molar-refractivity contribution is -0.129. The molecule has 1 aromatic carbocycles. The van der Waals surface area contributed by atoms with Gasteiger partial charge in [0.15, 0.2) is 0 Å². The van der Waals surface area contributed by atoms with E-state index in [-0.39, 0.29) is 24.3 Å². The molecule has 1 rings (SSSR count). The molecule has 0 saturated heterocycles. The van der Waals surface area contributed by atoms with Crippen molar-refractivity contribution in [3.8, 4) is 0 Å². The predicted octanol–water partition coefficient (Wildman–Crippen LogP) is 2.87. The minimum atomic E-state index is -0.376. The van der Waals surface area contributed by atoms with Gasteiger partial charge in [-0.15, -0.1) is 0 Å². The summed E-state index contributed by atoms with van der Waals surface area (Å²) in [5.74, 6) is -0.443. The number of hydrogen-bond donors (Lipinski definition) is 1. The molecular weight excluding hydrogens is 287 g/mol. The number of carbonyl (C=O) groups excluding carboxylic acids is 1. The standard InChI is InChI=1S/C12H16BrFN2O/c1-8(2)16(3)12(17)7-15-11-5-4-9(13)6-10(11)14/h4-6,8,15H,7H2,1-3H3. The van der Waals surface area contributed by atoms with E-state index in [1.807, 2.05) is 13.8 Å². The van der Waals surface area contributed by atoms with E-state index in [4.69, 9.17) is 0 Å². The van der Waals surface area contributed by atoms with Gasteiger partial charge in [-0.1, -0.05) is 15.9 Å². The molecule has 5 heteroatoms. The zero-order valence-corrected chi connectivity index (χ0v) is 11.7. The van der Waals surface area contributed by atoms with E-state index in [2.05, 4.69) is 21.2 Å². The number of anilines is 1. The Hall–Kier alpha value is -1.10. The van der Waals surface area contributed by atoms with E-state index >= 15 is 0 Å². The second kappa shape index (κ2) is 6.00. The Morgan fingerprint density at radius 1 is 1.53 bits per heavy atom. The molecule has 0 saturated carbocycles. The minimum Gasteiger partial charge on any atom is -0.374 e. The normalized spacial score (nSPS) is 10.5. The molecule has 0 aromatic heterocycles. The van der Waals surface area contributed by atoms with Crippen LogP contribution in [-0.2, 0) is 4.79 Å². The number of nitrogens with one attached hydrogen (secondary N) is 1. The molecular formula is C12H16BrFN2O. The summed E-state index contributed by atoms with van der Waals surface area (Å²) >= 11 is 3.18. The first kappa shape index (κ1) is 14.0. The van der Waals surface area contributed by atoms with Crippen LogP contribution in [0.5, 0.6) is 0 Å². The van der Waals surface area contributed by atoms with Gasteiger partial charge >= 0.3 is 0 Å². The smallest absolute Gasteiger partial charge is 0.241 e. The van der Waals surface area contributed by atoms with Gasteiger partial charge in [-0.3, -0.25) is 4.79 Å². The highest BCUT2D eigenvalue weighted by molar-refractivity contribution is 9.10. The predicted molar refractivity (Wildman–Crippen MR) is 70.5 cm³/mol. The number of carbonyl (C=O) groups is 1.